The molecule has 1 aliphatic heterocycles. The topological polar surface area (TPSA) is 84.5 Å². The van der Waals surface area contributed by atoms with Crippen molar-refractivity contribution in [1.82, 2.24) is 9.61 Å². The number of benzene rings is 1. The van der Waals surface area contributed by atoms with Crippen LogP contribution < -0.4 is 0 Å². The number of nitriles is 1. The highest BCUT2D eigenvalue weighted by atomic mass is 32.2. The number of nitrogens with zero attached hydrogens (tertiary/aromatic N) is 3. The fourth-order valence-corrected chi connectivity index (χ4v) is 5.42. The number of ether oxygens (including phenoxy) is 1. The minimum atomic E-state index is -3.54. The number of hydrogen-bond donors (Lipinski definition) is 0. The van der Waals surface area contributed by atoms with Crippen molar-refractivity contribution in [2.75, 3.05) is 12.9 Å². The van der Waals surface area contributed by atoms with Gasteiger partial charge in [-0.3, -0.25) is 0 Å². The van der Waals surface area contributed by atoms with Gasteiger partial charge in [-0.1, -0.05) is 19.1 Å². The third-order valence-electron chi connectivity index (χ3n) is 4.77. The number of aryl methyl sites for hydroxylation is 1. The number of rotatable bonds is 3. The van der Waals surface area contributed by atoms with Gasteiger partial charge in [0, 0.05) is 18.4 Å². The molecule has 1 aliphatic rings. The second-order valence-electron chi connectivity index (χ2n) is 6.26. The Balaban J connectivity index is 2.17. The first kappa shape index (κ1) is 16.8. The van der Waals surface area contributed by atoms with Crippen LogP contribution in [0.3, 0.4) is 0 Å². The lowest BCUT2D eigenvalue weighted by Crippen LogP contribution is -2.07. The summed E-state index contributed by atoms with van der Waals surface area (Å²) in [5, 5.41) is 13.8. The van der Waals surface area contributed by atoms with Crippen molar-refractivity contribution in [1.29, 1.82) is 5.26 Å². The number of fused-ring (bicyclic) bond motifs is 2. The molecule has 1 atom stereocenters. The summed E-state index contributed by atoms with van der Waals surface area (Å²) >= 11 is 0. The Morgan fingerprint density at radius 3 is 2.85 bits per heavy atom. The van der Waals surface area contributed by atoms with Crippen LogP contribution in [0.25, 0.3) is 16.6 Å². The quantitative estimate of drug-likeness (QED) is 0.711. The van der Waals surface area contributed by atoms with E-state index < -0.39 is 15.9 Å². The van der Waals surface area contributed by atoms with Gasteiger partial charge in [0.2, 0.25) is 0 Å². The molecular formula is C19H17N3O3S. The van der Waals surface area contributed by atoms with Gasteiger partial charge < -0.3 is 4.74 Å². The maximum absolute atomic E-state index is 12.9. The standard InChI is InChI=1S/C19H17N3O3S/c1-3-14-7-8-15-17(13-6-4-5-12(9-13)10-20)19-18(21-22(14)15)16(25-2)11-26(19,23)24/h4-9,16H,3,11H2,1-2H3. The van der Waals surface area contributed by atoms with E-state index >= 15 is 0 Å². The van der Waals surface area contributed by atoms with Crippen LogP contribution in [0.2, 0.25) is 0 Å². The second-order valence-corrected chi connectivity index (χ2v) is 8.23. The summed E-state index contributed by atoms with van der Waals surface area (Å²) < 4.78 is 33.0. The van der Waals surface area contributed by atoms with Crippen molar-refractivity contribution < 1.29 is 13.2 Å². The molecule has 0 N–H and O–H groups in total. The fourth-order valence-electron chi connectivity index (χ4n) is 3.53. The van der Waals surface area contributed by atoms with Crippen molar-refractivity contribution in [3.63, 3.8) is 0 Å². The van der Waals surface area contributed by atoms with Crippen LogP contribution in [0.15, 0.2) is 41.3 Å². The Hall–Kier alpha value is -2.69. The summed E-state index contributed by atoms with van der Waals surface area (Å²) in [7, 11) is -2.04. The molecule has 0 saturated carbocycles. The zero-order chi connectivity index (χ0) is 18.5. The molecule has 0 saturated heterocycles. The van der Waals surface area contributed by atoms with Crippen LogP contribution in [-0.4, -0.2) is 30.9 Å². The summed E-state index contributed by atoms with van der Waals surface area (Å²) in [6.45, 7) is 2.03. The lowest BCUT2D eigenvalue weighted by atomic mass is 10.0. The SMILES string of the molecule is CCc1ccc2c(-c3cccc(C#N)c3)c3c(nn12)C(OC)CS3(=O)=O. The fraction of sp³-hybridized carbons (Fsp3) is 0.263. The Labute approximate surface area is 151 Å². The number of hydrogen-bond acceptors (Lipinski definition) is 5. The van der Waals surface area contributed by atoms with E-state index in [1.807, 2.05) is 25.1 Å². The van der Waals surface area contributed by atoms with Crippen molar-refractivity contribution in [2.24, 2.45) is 0 Å². The van der Waals surface area contributed by atoms with E-state index in [-0.39, 0.29) is 10.6 Å². The summed E-state index contributed by atoms with van der Waals surface area (Å²) in [5.74, 6) is -0.120. The first-order chi connectivity index (χ1) is 12.5. The molecule has 0 aliphatic carbocycles. The second kappa shape index (κ2) is 5.94. The van der Waals surface area contributed by atoms with E-state index in [1.54, 1.807) is 22.7 Å². The average molecular weight is 367 g/mol. The normalized spacial score (nSPS) is 18.0. The molecule has 2 aromatic heterocycles. The van der Waals surface area contributed by atoms with Crippen LogP contribution in [0, 0.1) is 11.3 Å². The van der Waals surface area contributed by atoms with E-state index in [0.29, 0.717) is 22.4 Å². The van der Waals surface area contributed by atoms with Crippen LogP contribution in [0.1, 0.15) is 30.0 Å². The predicted molar refractivity (Wildman–Crippen MR) is 96.5 cm³/mol. The Morgan fingerprint density at radius 1 is 1.35 bits per heavy atom. The summed E-state index contributed by atoms with van der Waals surface area (Å²) in [6, 6.07) is 12.9. The number of methoxy groups -OCH3 is 1. The highest BCUT2D eigenvalue weighted by Crippen LogP contribution is 2.42. The van der Waals surface area contributed by atoms with E-state index in [1.165, 1.54) is 7.11 Å². The van der Waals surface area contributed by atoms with Crippen LogP contribution >= 0.6 is 0 Å². The number of sulfone groups is 1. The molecule has 0 radical (unpaired) electrons. The van der Waals surface area contributed by atoms with Gasteiger partial charge in [0.05, 0.1) is 22.9 Å². The van der Waals surface area contributed by atoms with Gasteiger partial charge in [-0.25, -0.2) is 12.9 Å². The Kier molecular flexibility index (Phi) is 3.83. The predicted octanol–water partition coefficient (Wildman–Crippen LogP) is 2.91. The molecule has 0 spiro atoms. The van der Waals surface area contributed by atoms with Gasteiger partial charge in [0.1, 0.15) is 16.7 Å². The lowest BCUT2D eigenvalue weighted by Gasteiger charge is -2.13. The van der Waals surface area contributed by atoms with Crippen molar-refractivity contribution in [3.05, 3.63) is 53.3 Å². The maximum atomic E-state index is 12.9. The van der Waals surface area contributed by atoms with E-state index in [0.717, 1.165) is 17.6 Å². The molecule has 0 amide bonds. The molecule has 6 nitrogen and oxygen atoms in total. The minimum absolute atomic E-state index is 0.120. The first-order valence-electron chi connectivity index (χ1n) is 8.30. The van der Waals surface area contributed by atoms with Gasteiger partial charge in [-0.2, -0.15) is 10.4 Å². The van der Waals surface area contributed by atoms with E-state index in [4.69, 9.17) is 4.74 Å². The van der Waals surface area contributed by atoms with Gasteiger partial charge >= 0.3 is 0 Å². The molecular weight excluding hydrogens is 350 g/mol. The monoisotopic (exact) mass is 367 g/mol. The minimum Gasteiger partial charge on any atom is -0.374 e. The Morgan fingerprint density at radius 2 is 2.15 bits per heavy atom. The molecule has 3 heterocycles. The largest absolute Gasteiger partial charge is 0.374 e. The highest BCUT2D eigenvalue weighted by Gasteiger charge is 2.40. The van der Waals surface area contributed by atoms with Crippen LogP contribution in [0.5, 0.6) is 0 Å². The van der Waals surface area contributed by atoms with Gasteiger partial charge in [0.15, 0.2) is 9.84 Å². The zero-order valence-electron chi connectivity index (χ0n) is 14.4. The molecule has 7 heteroatoms. The lowest BCUT2D eigenvalue weighted by molar-refractivity contribution is 0.119. The third-order valence-corrected chi connectivity index (χ3v) is 6.55. The van der Waals surface area contributed by atoms with Crippen molar-refractivity contribution in [3.8, 4) is 17.2 Å². The van der Waals surface area contributed by atoms with Gasteiger partial charge in [0.25, 0.3) is 0 Å². The van der Waals surface area contributed by atoms with Crippen LogP contribution in [-0.2, 0) is 21.0 Å². The molecule has 4 rings (SSSR count). The maximum Gasteiger partial charge on any atom is 0.184 e. The average Bonchev–Trinajstić information content (AvgIpc) is 3.18. The van der Waals surface area contributed by atoms with E-state index in [2.05, 4.69) is 11.2 Å². The van der Waals surface area contributed by atoms with Crippen LogP contribution in [0.4, 0.5) is 0 Å². The molecule has 26 heavy (non-hydrogen) atoms. The summed E-state index contributed by atoms with van der Waals surface area (Å²) in [6.07, 6.45) is 0.173. The Bertz CT molecular complexity index is 1170. The summed E-state index contributed by atoms with van der Waals surface area (Å²) in [5.41, 5.74) is 3.89. The van der Waals surface area contributed by atoms with Gasteiger partial charge in [-0.05, 0) is 36.2 Å². The molecule has 0 fully saturated rings. The van der Waals surface area contributed by atoms with Crippen molar-refractivity contribution in [2.45, 2.75) is 24.3 Å². The molecule has 3 aromatic rings. The zero-order valence-corrected chi connectivity index (χ0v) is 15.2. The molecule has 132 valence electrons. The molecule has 1 aromatic carbocycles. The molecule has 0 bridgehead atoms. The van der Waals surface area contributed by atoms with E-state index in [9.17, 15) is 13.7 Å². The smallest absolute Gasteiger partial charge is 0.184 e. The molecule has 1 unspecified atom stereocenters. The highest BCUT2D eigenvalue weighted by molar-refractivity contribution is 7.92. The third kappa shape index (κ3) is 2.34. The van der Waals surface area contributed by atoms with Crippen molar-refractivity contribution >= 4 is 15.4 Å². The summed E-state index contributed by atoms with van der Waals surface area (Å²) in [4.78, 5) is 0.215. The first-order valence-corrected chi connectivity index (χ1v) is 9.96. The number of aromatic nitrogens is 2. The van der Waals surface area contributed by atoms with Gasteiger partial charge in [-0.15, -0.1) is 0 Å².